The Morgan fingerprint density at radius 2 is 1.59 bits per heavy atom. The number of hydrogen-bond donors (Lipinski definition) is 0. The van der Waals surface area contributed by atoms with E-state index in [2.05, 4.69) is 13.0 Å². The molecule has 3 rings (SSSR count). The van der Waals surface area contributed by atoms with Crippen molar-refractivity contribution in [2.24, 2.45) is 17.8 Å². The number of rotatable bonds is 12. The molecule has 32 heavy (non-hydrogen) atoms. The number of nitriles is 1. The fourth-order valence-electron chi connectivity index (χ4n) is 5.86. The van der Waals surface area contributed by atoms with Crippen LogP contribution in [0.2, 0.25) is 0 Å². The second-order valence-electron chi connectivity index (χ2n) is 10.6. The predicted molar refractivity (Wildman–Crippen MR) is 133 cm³/mol. The summed E-state index contributed by atoms with van der Waals surface area (Å²) in [5.74, 6) is 2.51. The molecular weight excluding hydrogens is 393 g/mol. The Labute approximate surface area is 196 Å². The van der Waals surface area contributed by atoms with Gasteiger partial charge in [-0.1, -0.05) is 95.3 Å². The van der Waals surface area contributed by atoms with E-state index in [4.69, 9.17) is 5.26 Å². The van der Waals surface area contributed by atoms with E-state index in [0.717, 1.165) is 36.2 Å². The van der Waals surface area contributed by atoms with Gasteiger partial charge in [-0.15, -0.1) is 0 Å². The number of allylic oxidation sites excluding steroid dienone is 2. The summed E-state index contributed by atoms with van der Waals surface area (Å²) in [5.41, 5.74) is 2.69. The van der Waals surface area contributed by atoms with E-state index in [-0.39, 0.29) is 11.4 Å². The van der Waals surface area contributed by atoms with Crippen LogP contribution >= 0.6 is 0 Å². The van der Waals surface area contributed by atoms with E-state index in [1.54, 1.807) is 11.6 Å². The number of unbranched alkanes of at least 4 members (excludes halogenated alkanes) is 4. The average molecular weight is 438 g/mol. The highest BCUT2D eigenvalue weighted by atomic mass is 19.1. The zero-order valence-electron chi connectivity index (χ0n) is 20.4. The second-order valence-corrected chi connectivity index (χ2v) is 10.6. The van der Waals surface area contributed by atoms with Gasteiger partial charge in [0.1, 0.15) is 11.9 Å². The number of benzene rings is 1. The summed E-state index contributed by atoms with van der Waals surface area (Å²) in [6.07, 6.45) is 25.6. The van der Waals surface area contributed by atoms with Crippen LogP contribution in [0.15, 0.2) is 29.8 Å². The van der Waals surface area contributed by atoms with Gasteiger partial charge in [0.05, 0.1) is 5.56 Å². The summed E-state index contributed by atoms with van der Waals surface area (Å²) in [6, 6.07) is 6.94. The molecule has 2 aliphatic rings. The lowest BCUT2D eigenvalue weighted by molar-refractivity contribution is 0.234. The van der Waals surface area contributed by atoms with Crippen molar-refractivity contribution in [3.05, 3.63) is 46.8 Å². The number of aryl methyl sites for hydroxylation is 1. The minimum atomic E-state index is -0.385. The van der Waals surface area contributed by atoms with Crippen LogP contribution in [-0.4, -0.2) is 0 Å². The lowest BCUT2D eigenvalue weighted by atomic mass is 9.76. The van der Waals surface area contributed by atoms with Crippen molar-refractivity contribution in [1.29, 1.82) is 5.26 Å². The van der Waals surface area contributed by atoms with Crippen molar-refractivity contribution in [1.82, 2.24) is 0 Å². The molecule has 1 unspecified atom stereocenters. The number of hydrogen-bond acceptors (Lipinski definition) is 1. The highest BCUT2D eigenvalue weighted by molar-refractivity contribution is 5.33. The molecule has 0 N–H and O–H groups in total. The SMILES string of the molecule is CCCCCCC[C@H]1CC[C@H](CCC2CC=C(CCc3ccc(C#N)c(F)c3)CC2)CC1. The van der Waals surface area contributed by atoms with Crippen molar-refractivity contribution >= 4 is 0 Å². The van der Waals surface area contributed by atoms with E-state index in [1.165, 1.54) is 102 Å². The molecule has 176 valence electrons. The lowest BCUT2D eigenvalue weighted by Gasteiger charge is -2.30. The first-order chi connectivity index (χ1) is 15.7. The van der Waals surface area contributed by atoms with E-state index in [0.29, 0.717) is 0 Å². The molecule has 0 heterocycles. The second kappa shape index (κ2) is 13.8. The van der Waals surface area contributed by atoms with E-state index in [1.807, 2.05) is 12.1 Å². The van der Waals surface area contributed by atoms with E-state index < -0.39 is 0 Å². The summed E-state index contributed by atoms with van der Waals surface area (Å²) < 4.78 is 13.8. The summed E-state index contributed by atoms with van der Waals surface area (Å²) in [7, 11) is 0. The predicted octanol–water partition coefficient (Wildman–Crippen LogP) is 9.30. The topological polar surface area (TPSA) is 23.8 Å². The fourth-order valence-corrected chi connectivity index (χ4v) is 5.86. The average Bonchev–Trinajstić information content (AvgIpc) is 2.83. The first-order valence-electron chi connectivity index (χ1n) is 13.5. The Morgan fingerprint density at radius 3 is 2.25 bits per heavy atom. The molecule has 0 amide bonds. The summed E-state index contributed by atoms with van der Waals surface area (Å²) >= 11 is 0. The summed E-state index contributed by atoms with van der Waals surface area (Å²) in [5, 5.41) is 8.86. The molecule has 0 aromatic heterocycles. The largest absolute Gasteiger partial charge is 0.206 e. The molecule has 0 spiro atoms. The highest BCUT2D eigenvalue weighted by Gasteiger charge is 2.22. The molecule has 0 saturated heterocycles. The lowest BCUT2D eigenvalue weighted by Crippen LogP contribution is -2.16. The normalized spacial score (nSPS) is 23.5. The minimum Gasteiger partial charge on any atom is -0.206 e. The minimum absolute atomic E-state index is 0.143. The molecule has 0 radical (unpaired) electrons. The Morgan fingerprint density at radius 1 is 0.875 bits per heavy atom. The van der Waals surface area contributed by atoms with Crippen molar-refractivity contribution in [2.75, 3.05) is 0 Å². The molecule has 0 aliphatic heterocycles. The molecule has 2 aliphatic carbocycles. The fraction of sp³-hybridized carbons (Fsp3) is 0.700. The molecule has 2 heteroatoms. The molecule has 0 bridgehead atoms. The third kappa shape index (κ3) is 8.38. The van der Waals surface area contributed by atoms with Crippen molar-refractivity contribution in [2.45, 2.75) is 116 Å². The van der Waals surface area contributed by atoms with Gasteiger partial charge >= 0.3 is 0 Å². The van der Waals surface area contributed by atoms with Crippen molar-refractivity contribution in [3.63, 3.8) is 0 Å². The van der Waals surface area contributed by atoms with E-state index >= 15 is 0 Å². The van der Waals surface area contributed by atoms with Crippen LogP contribution in [0.25, 0.3) is 0 Å². The van der Waals surface area contributed by atoms with Crippen LogP contribution in [0.3, 0.4) is 0 Å². The zero-order chi connectivity index (χ0) is 22.6. The number of nitrogens with zero attached hydrogens (tertiary/aromatic N) is 1. The van der Waals surface area contributed by atoms with Gasteiger partial charge in [-0.2, -0.15) is 5.26 Å². The monoisotopic (exact) mass is 437 g/mol. The Bertz CT molecular complexity index is 751. The van der Waals surface area contributed by atoms with Crippen molar-refractivity contribution < 1.29 is 4.39 Å². The summed E-state index contributed by atoms with van der Waals surface area (Å²) in [4.78, 5) is 0. The Kier molecular flexibility index (Phi) is 10.8. The highest BCUT2D eigenvalue weighted by Crippen LogP contribution is 2.37. The van der Waals surface area contributed by atoms with Gasteiger partial charge < -0.3 is 0 Å². The van der Waals surface area contributed by atoms with E-state index in [9.17, 15) is 4.39 Å². The Balaban J connectivity index is 1.27. The smallest absolute Gasteiger partial charge is 0.141 e. The summed E-state index contributed by atoms with van der Waals surface area (Å²) in [6.45, 7) is 2.30. The molecule has 1 saturated carbocycles. The standard InChI is InChI=1S/C30H44FN/c1-2-3-4-5-6-7-24-8-10-25(11-9-24)12-13-26-14-16-27(17-15-26)18-19-28-20-21-29(23-32)30(31)22-28/h16,20-22,24-26H,2-15,17-19H2,1H3/t24-,25-,26?. The van der Waals surface area contributed by atoms with Crippen molar-refractivity contribution in [3.8, 4) is 6.07 Å². The van der Waals surface area contributed by atoms with Gasteiger partial charge in [-0.05, 0) is 74.0 Å². The van der Waals surface area contributed by atoms with Crippen LogP contribution in [-0.2, 0) is 6.42 Å². The maximum atomic E-state index is 13.8. The molecule has 1 atom stereocenters. The maximum absolute atomic E-state index is 13.8. The molecular formula is C30H44FN. The molecule has 1 aromatic rings. The first kappa shape index (κ1) is 25.0. The molecule has 1 fully saturated rings. The third-order valence-electron chi connectivity index (χ3n) is 8.17. The first-order valence-corrected chi connectivity index (χ1v) is 13.5. The van der Waals surface area contributed by atoms with Gasteiger partial charge in [0.2, 0.25) is 0 Å². The third-order valence-corrected chi connectivity index (χ3v) is 8.17. The van der Waals surface area contributed by atoms with Gasteiger partial charge in [-0.3, -0.25) is 0 Å². The van der Waals surface area contributed by atoms with Gasteiger partial charge in [0.25, 0.3) is 0 Å². The zero-order valence-corrected chi connectivity index (χ0v) is 20.4. The van der Waals surface area contributed by atoms with Crippen LogP contribution in [0.1, 0.15) is 121 Å². The van der Waals surface area contributed by atoms with Gasteiger partial charge in [-0.25, -0.2) is 4.39 Å². The molecule has 1 nitrogen and oxygen atoms in total. The van der Waals surface area contributed by atoms with Gasteiger partial charge in [0.15, 0.2) is 0 Å². The molecule has 1 aromatic carbocycles. The van der Waals surface area contributed by atoms with Crippen LogP contribution in [0.5, 0.6) is 0 Å². The quantitative estimate of drug-likeness (QED) is 0.236. The van der Waals surface area contributed by atoms with Gasteiger partial charge in [0, 0.05) is 0 Å². The number of halogens is 1. The maximum Gasteiger partial charge on any atom is 0.141 e. The van der Waals surface area contributed by atoms with Crippen LogP contribution in [0, 0.1) is 34.9 Å². The van der Waals surface area contributed by atoms with Crippen LogP contribution in [0.4, 0.5) is 4.39 Å². The Hall–Kier alpha value is -1.62. The van der Waals surface area contributed by atoms with Crippen LogP contribution < -0.4 is 0 Å².